The minimum absolute atomic E-state index is 0.210. The lowest BCUT2D eigenvalue weighted by Gasteiger charge is -2.14. The van der Waals surface area contributed by atoms with Crippen molar-refractivity contribution >= 4 is 15.9 Å². The predicted molar refractivity (Wildman–Crippen MR) is 76.0 cm³/mol. The Balaban J connectivity index is 2.35. The van der Waals surface area contributed by atoms with Gasteiger partial charge in [-0.25, -0.2) is 0 Å². The number of aryl methyl sites for hydroxylation is 1. The van der Waals surface area contributed by atoms with E-state index in [1.54, 1.807) is 0 Å². The van der Waals surface area contributed by atoms with E-state index in [9.17, 15) is 5.11 Å². The van der Waals surface area contributed by atoms with Gasteiger partial charge in [-0.3, -0.25) is 0 Å². The van der Waals surface area contributed by atoms with Crippen molar-refractivity contribution in [3.8, 4) is 0 Å². The molecule has 2 atom stereocenters. The predicted octanol–water partition coefficient (Wildman–Crippen LogP) is 3.25. The normalized spacial score (nSPS) is 14.6. The van der Waals surface area contributed by atoms with E-state index in [2.05, 4.69) is 53.3 Å². The molecule has 2 N–H and O–H groups in total. The smallest absolute Gasteiger partial charge is 0.0515 e. The van der Waals surface area contributed by atoms with E-state index in [0.29, 0.717) is 5.92 Å². The Morgan fingerprint density at radius 1 is 1.35 bits per heavy atom. The van der Waals surface area contributed by atoms with Gasteiger partial charge in [0.2, 0.25) is 0 Å². The topological polar surface area (TPSA) is 32.3 Å². The summed E-state index contributed by atoms with van der Waals surface area (Å²) in [5.74, 6) is 0.499. The summed E-state index contributed by atoms with van der Waals surface area (Å²) in [6.07, 6.45) is 0.639. The summed E-state index contributed by atoms with van der Waals surface area (Å²) in [5.41, 5.74) is 2.54. The van der Waals surface area contributed by atoms with Crippen LogP contribution in [-0.2, 0) is 6.54 Å². The van der Waals surface area contributed by atoms with Crippen molar-refractivity contribution in [2.24, 2.45) is 5.92 Å². The van der Waals surface area contributed by atoms with Crippen LogP contribution in [-0.4, -0.2) is 17.8 Å². The molecule has 0 saturated heterocycles. The number of aliphatic hydroxyl groups is 1. The molecule has 2 unspecified atom stereocenters. The van der Waals surface area contributed by atoms with Crippen LogP contribution in [0.3, 0.4) is 0 Å². The van der Waals surface area contributed by atoms with Crippen LogP contribution >= 0.6 is 15.9 Å². The number of benzene rings is 1. The molecule has 1 rings (SSSR count). The summed E-state index contributed by atoms with van der Waals surface area (Å²) < 4.78 is 1.16. The number of hydrogen-bond acceptors (Lipinski definition) is 2. The van der Waals surface area contributed by atoms with Gasteiger partial charge in [-0.2, -0.15) is 0 Å². The molecule has 0 saturated carbocycles. The van der Waals surface area contributed by atoms with Crippen molar-refractivity contribution in [2.75, 3.05) is 6.54 Å². The van der Waals surface area contributed by atoms with Crippen molar-refractivity contribution in [3.05, 3.63) is 33.8 Å². The van der Waals surface area contributed by atoms with Crippen molar-refractivity contribution in [1.82, 2.24) is 5.32 Å². The Bertz CT molecular complexity index is 352. The zero-order valence-corrected chi connectivity index (χ0v) is 12.4. The largest absolute Gasteiger partial charge is 0.393 e. The Hall–Kier alpha value is -0.380. The fourth-order valence-corrected chi connectivity index (χ4v) is 2.55. The quantitative estimate of drug-likeness (QED) is 0.845. The van der Waals surface area contributed by atoms with Crippen LogP contribution in [0.15, 0.2) is 22.7 Å². The fraction of sp³-hybridized carbons (Fsp3) is 0.571. The Morgan fingerprint density at radius 3 is 2.65 bits per heavy atom. The van der Waals surface area contributed by atoms with Crippen LogP contribution in [0.25, 0.3) is 0 Å². The third-order valence-corrected chi connectivity index (χ3v) is 3.50. The fourth-order valence-electron chi connectivity index (χ4n) is 1.91. The average molecular weight is 300 g/mol. The maximum atomic E-state index is 9.28. The summed E-state index contributed by atoms with van der Waals surface area (Å²) in [6.45, 7) is 7.89. The van der Waals surface area contributed by atoms with Crippen molar-refractivity contribution < 1.29 is 5.11 Å². The highest BCUT2D eigenvalue weighted by atomic mass is 79.9. The van der Waals surface area contributed by atoms with E-state index in [4.69, 9.17) is 0 Å². The highest BCUT2D eigenvalue weighted by Crippen LogP contribution is 2.18. The number of nitrogens with one attached hydrogen (secondary N) is 1. The standard InChI is InChI=1S/C14H22BrNO/c1-10-4-5-13(14(15)7-10)9-16-8-11(2)6-12(3)17/h4-5,7,11-12,16-17H,6,8-9H2,1-3H3. The molecule has 0 fully saturated rings. The first kappa shape index (κ1) is 14.7. The van der Waals surface area contributed by atoms with Gasteiger partial charge in [0.25, 0.3) is 0 Å². The van der Waals surface area contributed by atoms with Crippen molar-refractivity contribution in [3.63, 3.8) is 0 Å². The van der Waals surface area contributed by atoms with Gasteiger partial charge in [0.05, 0.1) is 6.10 Å². The maximum Gasteiger partial charge on any atom is 0.0515 e. The van der Waals surface area contributed by atoms with Crippen LogP contribution in [0.4, 0.5) is 0 Å². The van der Waals surface area contributed by atoms with Crippen molar-refractivity contribution in [1.29, 1.82) is 0 Å². The first-order chi connectivity index (χ1) is 7.99. The first-order valence-electron chi connectivity index (χ1n) is 6.13. The zero-order chi connectivity index (χ0) is 12.8. The summed E-state index contributed by atoms with van der Waals surface area (Å²) in [6, 6.07) is 6.41. The third kappa shape index (κ3) is 5.66. The second-order valence-corrected chi connectivity index (χ2v) is 5.77. The van der Waals surface area contributed by atoms with Crippen molar-refractivity contribution in [2.45, 2.75) is 39.8 Å². The van der Waals surface area contributed by atoms with Gasteiger partial charge in [-0.1, -0.05) is 35.0 Å². The van der Waals surface area contributed by atoms with E-state index in [0.717, 1.165) is 24.0 Å². The lowest BCUT2D eigenvalue weighted by molar-refractivity contribution is 0.163. The molecule has 0 radical (unpaired) electrons. The van der Waals surface area contributed by atoms with Gasteiger partial charge in [0, 0.05) is 11.0 Å². The zero-order valence-electron chi connectivity index (χ0n) is 10.8. The Kier molecular flexibility index (Phi) is 6.17. The van der Waals surface area contributed by atoms with E-state index in [-0.39, 0.29) is 6.10 Å². The van der Waals surface area contributed by atoms with Crippen LogP contribution in [0.2, 0.25) is 0 Å². The number of halogens is 1. The van der Waals surface area contributed by atoms with Gasteiger partial charge in [-0.05, 0) is 49.9 Å². The Labute approximate surface area is 113 Å². The molecule has 0 spiro atoms. The number of rotatable bonds is 6. The molecule has 0 aliphatic rings. The molecule has 3 heteroatoms. The van der Waals surface area contributed by atoms with Crippen LogP contribution in [0, 0.1) is 12.8 Å². The summed E-state index contributed by atoms with van der Waals surface area (Å²) in [4.78, 5) is 0. The molecule has 0 amide bonds. The number of aliphatic hydroxyl groups excluding tert-OH is 1. The molecule has 0 aliphatic heterocycles. The lowest BCUT2D eigenvalue weighted by atomic mass is 10.0. The summed E-state index contributed by atoms with van der Waals surface area (Å²) in [7, 11) is 0. The highest BCUT2D eigenvalue weighted by Gasteiger charge is 2.06. The van der Waals surface area contributed by atoms with Crippen LogP contribution in [0.1, 0.15) is 31.4 Å². The van der Waals surface area contributed by atoms with E-state index in [1.165, 1.54) is 11.1 Å². The van der Waals surface area contributed by atoms with Gasteiger partial charge in [0.15, 0.2) is 0 Å². The molecule has 2 nitrogen and oxygen atoms in total. The minimum Gasteiger partial charge on any atom is -0.393 e. The molecule has 0 aliphatic carbocycles. The maximum absolute atomic E-state index is 9.28. The minimum atomic E-state index is -0.210. The molecule has 0 bridgehead atoms. The molecule has 0 heterocycles. The van der Waals surface area contributed by atoms with E-state index in [1.807, 2.05) is 6.92 Å². The third-order valence-electron chi connectivity index (χ3n) is 2.76. The van der Waals surface area contributed by atoms with E-state index >= 15 is 0 Å². The lowest BCUT2D eigenvalue weighted by Crippen LogP contribution is -2.23. The van der Waals surface area contributed by atoms with Crippen LogP contribution in [0.5, 0.6) is 0 Å². The first-order valence-corrected chi connectivity index (χ1v) is 6.92. The Morgan fingerprint density at radius 2 is 2.06 bits per heavy atom. The highest BCUT2D eigenvalue weighted by molar-refractivity contribution is 9.10. The number of hydrogen-bond donors (Lipinski definition) is 2. The monoisotopic (exact) mass is 299 g/mol. The molecule has 17 heavy (non-hydrogen) atoms. The van der Waals surface area contributed by atoms with E-state index < -0.39 is 0 Å². The van der Waals surface area contributed by atoms with Gasteiger partial charge in [-0.15, -0.1) is 0 Å². The van der Waals surface area contributed by atoms with Gasteiger partial charge in [0.1, 0.15) is 0 Å². The second-order valence-electron chi connectivity index (χ2n) is 4.92. The summed E-state index contributed by atoms with van der Waals surface area (Å²) in [5, 5.41) is 12.7. The molecule has 1 aromatic rings. The summed E-state index contributed by atoms with van der Waals surface area (Å²) >= 11 is 3.57. The molecule has 0 aromatic heterocycles. The average Bonchev–Trinajstić information content (AvgIpc) is 2.20. The molecule has 96 valence electrons. The molecular weight excluding hydrogens is 278 g/mol. The molecular formula is C14H22BrNO. The SMILES string of the molecule is Cc1ccc(CNCC(C)CC(C)O)c(Br)c1. The second kappa shape index (κ2) is 7.14. The van der Waals surface area contributed by atoms with Gasteiger partial charge >= 0.3 is 0 Å². The molecule has 1 aromatic carbocycles. The van der Waals surface area contributed by atoms with Gasteiger partial charge < -0.3 is 10.4 Å². The van der Waals surface area contributed by atoms with Crippen LogP contribution < -0.4 is 5.32 Å².